The lowest BCUT2D eigenvalue weighted by molar-refractivity contribution is -0.889. The Balaban J connectivity index is 2.48. The van der Waals surface area contributed by atoms with Crippen LogP contribution in [0.25, 0.3) is 0 Å². The highest BCUT2D eigenvalue weighted by Gasteiger charge is 2.32. The van der Waals surface area contributed by atoms with Gasteiger partial charge in [0, 0.05) is 12.4 Å². The van der Waals surface area contributed by atoms with Gasteiger partial charge in [0.1, 0.15) is 13.2 Å². The molecule has 1 rings (SSSR count). The number of hydrogen-bond acceptors (Lipinski definition) is 4. The zero-order valence-electron chi connectivity index (χ0n) is 16.0. The lowest BCUT2D eigenvalue weighted by atomic mass is 9.81. The van der Waals surface area contributed by atoms with Crippen molar-refractivity contribution in [1.29, 1.82) is 0 Å². The van der Waals surface area contributed by atoms with E-state index in [-0.39, 0.29) is 18.3 Å². The molecule has 0 aliphatic carbocycles. The zero-order valence-corrected chi connectivity index (χ0v) is 16.0. The van der Waals surface area contributed by atoms with Crippen molar-refractivity contribution in [2.75, 3.05) is 33.8 Å². The maximum Gasteiger partial charge on any atom is 0.311 e. The number of pyridine rings is 1. The number of aliphatic carboxylic acids is 1. The maximum absolute atomic E-state index is 12.4. The highest BCUT2D eigenvalue weighted by molar-refractivity contribution is 5.76. The summed E-state index contributed by atoms with van der Waals surface area (Å²) >= 11 is 0. The molecule has 0 bridgehead atoms. The molecule has 0 amide bonds. The van der Waals surface area contributed by atoms with Crippen LogP contribution in [0.2, 0.25) is 0 Å². The summed E-state index contributed by atoms with van der Waals surface area (Å²) in [7, 11) is 3.88. The number of hydrogen-bond donors (Lipinski definition) is 1. The topological polar surface area (TPSA) is 76.5 Å². The monoisotopic (exact) mass is 351 g/mol. The molecule has 1 unspecified atom stereocenters. The average molecular weight is 351 g/mol. The summed E-state index contributed by atoms with van der Waals surface area (Å²) in [5.74, 6) is -0.797. The number of nitrogens with zero attached hydrogens (tertiary/aromatic N) is 2. The number of carbonyl (C=O) groups is 2. The molecule has 1 N–H and O–H groups in total. The van der Waals surface area contributed by atoms with Crippen LogP contribution in [0, 0.1) is 5.41 Å². The van der Waals surface area contributed by atoms with Crippen molar-refractivity contribution in [3.05, 3.63) is 30.1 Å². The first-order valence-corrected chi connectivity index (χ1v) is 8.64. The summed E-state index contributed by atoms with van der Waals surface area (Å²) in [6.07, 6.45) is 4.31. The van der Waals surface area contributed by atoms with Gasteiger partial charge in [-0.05, 0) is 43.9 Å². The molecular weight excluding hydrogens is 320 g/mol. The summed E-state index contributed by atoms with van der Waals surface area (Å²) in [5.41, 5.74) is 0.573. The van der Waals surface area contributed by atoms with Gasteiger partial charge in [-0.25, -0.2) is 0 Å². The zero-order chi connectivity index (χ0) is 19.1. The first-order valence-electron chi connectivity index (χ1n) is 8.64. The first kappa shape index (κ1) is 21.1. The molecule has 1 heterocycles. The van der Waals surface area contributed by atoms with Crippen LogP contribution in [0.3, 0.4) is 0 Å². The molecule has 0 radical (unpaired) electrons. The molecule has 1 aromatic rings. The van der Waals surface area contributed by atoms with Crippen LogP contribution in [-0.4, -0.2) is 60.3 Å². The lowest BCUT2D eigenvalue weighted by Gasteiger charge is -2.30. The van der Waals surface area contributed by atoms with E-state index >= 15 is 0 Å². The molecule has 0 aliphatic heterocycles. The smallest absolute Gasteiger partial charge is 0.311 e. The third kappa shape index (κ3) is 7.65. The Morgan fingerprint density at radius 2 is 1.84 bits per heavy atom. The predicted octanol–water partition coefficient (Wildman–Crippen LogP) is 2.70. The van der Waals surface area contributed by atoms with Gasteiger partial charge in [-0.15, -0.1) is 0 Å². The van der Waals surface area contributed by atoms with E-state index in [1.54, 1.807) is 12.4 Å². The second-order valence-electron chi connectivity index (χ2n) is 7.93. The number of carboxylic acids is 1. The number of rotatable bonds is 10. The fraction of sp³-hybridized carbons (Fsp3) is 0.632. The summed E-state index contributed by atoms with van der Waals surface area (Å²) in [4.78, 5) is 27.1. The summed E-state index contributed by atoms with van der Waals surface area (Å²) in [5, 5.41) is 8.78. The van der Waals surface area contributed by atoms with Crippen molar-refractivity contribution < 1.29 is 23.9 Å². The predicted molar refractivity (Wildman–Crippen MR) is 96.1 cm³/mol. The molecule has 0 aromatic carbocycles. The van der Waals surface area contributed by atoms with Crippen molar-refractivity contribution in [3.63, 3.8) is 0 Å². The Morgan fingerprint density at radius 1 is 1.24 bits per heavy atom. The number of carbonyl (C=O) groups excluding carboxylic acids is 1. The van der Waals surface area contributed by atoms with Gasteiger partial charge < -0.3 is 14.3 Å². The molecule has 6 heteroatoms. The molecule has 0 saturated heterocycles. The normalized spacial score (nSPS) is 13.3. The second-order valence-corrected chi connectivity index (χ2v) is 7.93. The van der Waals surface area contributed by atoms with Crippen LogP contribution < -0.4 is 0 Å². The van der Waals surface area contributed by atoms with Crippen LogP contribution >= 0.6 is 0 Å². The first-order chi connectivity index (χ1) is 11.5. The fourth-order valence-electron chi connectivity index (χ4n) is 2.75. The van der Waals surface area contributed by atoms with Crippen LogP contribution in [0.4, 0.5) is 0 Å². The van der Waals surface area contributed by atoms with E-state index in [9.17, 15) is 9.59 Å². The van der Waals surface area contributed by atoms with Crippen molar-refractivity contribution in [2.45, 2.75) is 39.5 Å². The Labute approximate surface area is 150 Å². The number of carboxylic acid groups (broad SMARTS) is 1. The number of esters is 1. The highest BCUT2D eigenvalue weighted by Crippen LogP contribution is 2.32. The van der Waals surface area contributed by atoms with Crippen LogP contribution in [0.15, 0.2) is 24.5 Å². The standard InChI is InChI=1S/C19H30N2O4/c1-15(16-6-9-20-10-7-16)14-19(2,3)18(24)25-13-12-21(4,5)11-8-17(22)23/h6-7,9-10,15H,8,11-14H2,1-5H3/p+1. The molecule has 25 heavy (non-hydrogen) atoms. The van der Waals surface area contributed by atoms with Gasteiger partial charge >= 0.3 is 11.9 Å². The number of quaternary nitrogens is 1. The Bertz CT molecular complexity index is 570. The number of aromatic nitrogens is 1. The van der Waals surface area contributed by atoms with Gasteiger partial charge in [-0.2, -0.15) is 0 Å². The van der Waals surface area contributed by atoms with E-state index in [1.165, 1.54) is 0 Å². The molecule has 0 aliphatic rings. The minimum Gasteiger partial charge on any atom is -0.481 e. The van der Waals surface area contributed by atoms with Crippen molar-refractivity contribution in [1.82, 2.24) is 4.98 Å². The molecule has 1 aromatic heterocycles. The van der Waals surface area contributed by atoms with Gasteiger partial charge in [0.15, 0.2) is 0 Å². The van der Waals surface area contributed by atoms with Crippen molar-refractivity contribution in [2.24, 2.45) is 5.41 Å². The van der Waals surface area contributed by atoms with E-state index in [1.807, 2.05) is 40.1 Å². The molecular formula is C19H31N2O4+. The second kappa shape index (κ2) is 8.94. The number of ether oxygens (including phenoxy) is 1. The molecule has 1 atom stereocenters. The Kier molecular flexibility index (Phi) is 7.55. The van der Waals surface area contributed by atoms with Gasteiger partial charge in [0.05, 0.1) is 32.5 Å². The third-order valence-corrected chi connectivity index (χ3v) is 4.50. The molecule has 0 saturated carbocycles. The SMILES string of the molecule is CC(CC(C)(C)C(=O)OCC[N+](C)(C)CCC(=O)O)c1ccncc1. The van der Waals surface area contributed by atoms with Crippen molar-refractivity contribution >= 4 is 11.9 Å². The van der Waals surface area contributed by atoms with E-state index in [0.717, 1.165) is 5.56 Å². The Hall–Kier alpha value is -1.95. The maximum atomic E-state index is 12.4. The summed E-state index contributed by atoms with van der Waals surface area (Å²) < 4.78 is 5.98. The Morgan fingerprint density at radius 3 is 2.40 bits per heavy atom. The largest absolute Gasteiger partial charge is 0.481 e. The fourth-order valence-corrected chi connectivity index (χ4v) is 2.75. The molecule has 6 nitrogen and oxygen atoms in total. The molecule has 140 valence electrons. The average Bonchev–Trinajstić information content (AvgIpc) is 2.53. The van der Waals surface area contributed by atoms with E-state index in [0.29, 0.717) is 30.6 Å². The lowest BCUT2D eigenvalue weighted by Crippen LogP contribution is -2.44. The summed E-state index contributed by atoms with van der Waals surface area (Å²) in [6, 6.07) is 3.93. The summed E-state index contributed by atoms with van der Waals surface area (Å²) in [6.45, 7) is 7.29. The van der Waals surface area contributed by atoms with E-state index < -0.39 is 11.4 Å². The molecule has 0 spiro atoms. The van der Waals surface area contributed by atoms with Crippen LogP contribution in [0.5, 0.6) is 0 Å². The van der Waals surface area contributed by atoms with Crippen LogP contribution in [0.1, 0.15) is 45.1 Å². The van der Waals surface area contributed by atoms with Gasteiger partial charge in [0.25, 0.3) is 0 Å². The molecule has 0 fully saturated rings. The van der Waals surface area contributed by atoms with E-state index in [2.05, 4.69) is 11.9 Å². The minimum absolute atomic E-state index is 0.107. The number of likely N-dealkylation sites (N-methyl/N-ethyl adjacent to an activating group) is 1. The van der Waals surface area contributed by atoms with Crippen LogP contribution in [-0.2, 0) is 14.3 Å². The highest BCUT2D eigenvalue weighted by atomic mass is 16.5. The third-order valence-electron chi connectivity index (χ3n) is 4.50. The quantitative estimate of drug-likeness (QED) is 0.518. The van der Waals surface area contributed by atoms with E-state index in [4.69, 9.17) is 9.84 Å². The van der Waals surface area contributed by atoms with Gasteiger partial charge in [0.2, 0.25) is 0 Å². The van der Waals surface area contributed by atoms with Gasteiger partial charge in [-0.1, -0.05) is 6.92 Å². The minimum atomic E-state index is -0.811. The van der Waals surface area contributed by atoms with Gasteiger partial charge in [-0.3, -0.25) is 14.6 Å². The van der Waals surface area contributed by atoms with Crippen molar-refractivity contribution in [3.8, 4) is 0 Å².